The van der Waals surface area contributed by atoms with Gasteiger partial charge in [0.05, 0.1) is 5.16 Å². The van der Waals surface area contributed by atoms with Crippen molar-refractivity contribution in [1.29, 1.82) is 0 Å². The molecule has 0 heterocycles. The normalized spacial score (nSPS) is 12.6. The minimum atomic E-state index is -4.18. The third-order valence-electron chi connectivity index (χ3n) is 3.65. The molecule has 102 valence electrons. The first-order valence-electron chi connectivity index (χ1n) is 6.12. The van der Waals surface area contributed by atoms with Crippen LogP contribution < -0.4 is 4.90 Å². The second kappa shape index (κ2) is 5.43. The van der Waals surface area contributed by atoms with E-state index in [-0.39, 0.29) is 0 Å². The van der Waals surface area contributed by atoms with Crippen LogP contribution in [0.25, 0.3) is 0 Å². The third-order valence-corrected chi connectivity index (χ3v) is 5.65. The molecule has 0 saturated heterocycles. The van der Waals surface area contributed by atoms with Gasteiger partial charge in [-0.15, -0.1) is 0 Å². The fraction of sp³-hybridized carbons (Fsp3) is 0.538. The molecule has 1 rings (SSSR count). The lowest BCUT2D eigenvalue weighted by molar-refractivity contribution is 0.315. The van der Waals surface area contributed by atoms with E-state index in [4.69, 9.17) is 0 Å². The van der Waals surface area contributed by atoms with Crippen LogP contribution in [-0.2, 0) is 9.72 Å². The maximum atomic E-state index is 11.8. The Labute approximate surface area is 109 Å². The Hall–Kier alpha value is -0.830. The van der Waals surface area contributed by atoms with Gasteiger partial charge in [-0.3, -0.25) is 4.57 Å². The van der Waals surface area contributed by atoms with Crippen LogP contribution in [0.3, 0.4) is 0 Å². The fourth-order valence-electron chi connectivity index (χ4n) is 2.31. The van der Waals surface area contributed by atoms with Crippen molar-refractivity contribution in [2.75, 3.05) is 19.0 Å². The van der Waals surface area contributed by atoms with E-state index in [2.05, 4.69) is 0 Å². The van der Waals surface area contributed by atoms with Crippen molar-refractivity contribution in [3.05, 3.63) is 29.8 Å². The Morgan fingerprint density at radius 3 is 1.83 bits per heavy atom. The molecule has 2 N–H and O–H groups in total. The second-order valence-electron chi connectivity index (χ2n) is 4.72. The maximum Gasteiger partial charge on any atom is 0.335 e. The third kappa shape index (κ3) is 2.61. The van der Waals surface area contributed by atoms with Crippen molar-refractivity contribution in [2.45, 2.75) is 31.8 Å². The first-order valence-corrected chi connectivity index (χ1v) is 7.73. The van der Waals surface area contributed by atoms with E-state index in [1.807, 2.05) is 57.1 Å². The van der Waals surface area contributed by atoms with Crippen LogP contribution in [-0.4, -0.2) is 23.9 Å². The number of hydrogen-bond donors (Lipinski definition) is 2. The van der Waals surface area contributed by atoms with Gasteiger partial charge in [-0.1, -0.05) is 26.0 Å². The van der Waals surface area contributed by atoms with Gasteiger partial charge < -0.3 is 14.7 Å². The number of anilines is 1. The van der Waals surface area contributed by atoms with E-state index < -0.39 is 12.8 Å². The van der Waals surface area contributed by atoms with Gasteiger partial charge in [-0.05, 0) is 30.5 Å². The Balaban J connectivity index is 3.27. The van der Waals surface area contributed by atoms with Crippen LogP contribution in [0, 0.1) is 0 Å². The van der Waals surface area contributed by atoms with Gasteiger partial charge in [-0.25, -0.2) is 0 Å². The summed E-state index contributed by atoms with van der Waals surface area (Å²) in [5.74, 6) is 0. The highest BCUT2D eigenvalue weighted by molar-refractivity contribution is 7.53. The maximum absolute atomic E-state index is 11.8. The van der Waals surface area contributed by atoms with Crippen LogP contribution in [0.5, 0.6) is 0 Å². The minimum absolute atomic E-state index is 0.426. The highest BCUT2D eigenvalue weighted by Gasteiger charge is 2.45. The summed E-state index contributed by atoms with van der Waals surface area (Å²) >= 11 is 0. The van der Waals surface area contributed by atoms with Crippen LogP contribution in [0.4, 0.5) is 5.69 Å². The molecule has 0 radical (unpaired) electrons. The summed E-state index contributed by atoms with van der Waals surface area (Å²) in [7, 11) is -0.310. The highest BCUT2D eigenvalue weighted by atomic mass is 31.2. The summed E-state index contributed by atoms with van der Waals surface area (Å²) < 4.78 is 11.8. The Kier molecular flexibility index (Phi) is 4.60. The summed E-state index contributed by atoms with van der Waals surface area (Å²) in [4.78, 5) is 21.3. The van der Waals surface area contributed by atoms with Crippen molar-refractivity contribution in [2.24, 2.45) is 0 Å². The zero-order valence-corrected chi connectivity index (χ0v) is 12.3. The number of rotatable bonds is 5. The summed E-state index contributed by atoms with van der Waals surface area (Å²) in [5, 5.41) is -1.06. The number of hydrogen-bond acceptors (Lipinski definition) is 2. The van der Waals surface area contributed by atoms with E-state index in [9.17, 15) is 14.4 Å². The second-order valence-corrected chi connectivity index (χ2v) is 6.67. The molecule has 1 aromatic carbocycles. The van der Waals surface area contributed by atoms with Gasteiger partial charge in [0.25, 0.3) is 0 Å². The lowest BCUT2D eigenvalue weighted by Crippen LogP contribution is -2.24. The smallest absolute Gasteiger partial charge is 0.335 e. The standard InChI is InChI=1S/C13H22NO3P/c1-5-13(6-2,18(15,16)17)11-7-9-12(10-8-11)14(3)4/h7-10H,5-6H2,1-4H3,(H2,15,16,17). The van der Waals surface area contributed by atoms with Crippen molar-refractivity contribution in [1.82, 2.24) is 0 Å². The molecule has 0 aliphatic carbocycles. The molecule has 0 saturated carbocycles. The molecule has 0 bridgehead atoms. The molecule has 18 heavy (non-hydrogen) atoms. The van der Waals surface area contributed by atoms with Crippen molar-refractivity contribution >= 4 is 13.3 Å². The highest BCUT2D eigenvalue weighted by Crippen LogP contribution is 2.60. The zero-order valence-electron chi connectivity index (χ0n) is 11.4. The molecule has 0 aliphatic heterocycles. The molecular weight excluding hydrogens is 249 g/mol. The minimum Gasteiger partial charge on any atom is -0.378 e. The van der Waals surface area contributed by atoms with Gasteiger partial charge >= 0.3 is 7.60 Å². The topological polar surface area (TPSA) is 60.8 Å². The van der Waals surface area contributed by atoms with Gasteiger partial charge in [0.15, 0.2) is 0 Å². The fourth-order valence-corrected chi connectivity index (χ4v) is 3.62. The molecule has 0 atom stereocenters. The summed E-state index contributed by atoms with van der Waals surface area (Å²) in [6.07, 6.45) is 0.851. The van der Waals surface area contributed by atoms with E-state index >= 15 is 0 Å². The molecule has 0 spiro atoms. The van der Waals surface area contributed by atoms with Crippen LogP contribution in [0.1, 0.15) is 32.3 Å². The Bertz CT molecular complexity index is 432. The van der Waals surface area contributed by atoms with E-state index in [0.29, 0.717) is 18.4 Å². The quantitative estimate of drug-likeness (QED) is 0.808. The molecule has 0 fully saturated rings. The summed E-state index contributed by atoms with van der Waals surface area (Å²) in [6.45, 7) is 3.64. The Morgan fingerprint density at radius 2 is 1.56 bits per heavy atom. The summed E-state index contributed by atoms with van der Waals surface area (Å²) in [6, 6.07) is 7.43. The van der Waals surface area contributed by atoms with Crippen LogP contribution in [0.15, 0.2) is 24.3 Å². The first-order chi connectivity index (χ1) is 8.28. The molecule has 0 aliphatic rings. The Morgan fingerprint density at radius 1 is 1.11 bits per heavy atom. The lowest BCUT2D eigenvalue weighted by Gasteiger charge is -2.33. The van der Waals surface area contributed by atoms with Gasteiger partial charge in [-0.2, -0.15) is 0 Å². The average molecular weight is 271 g/mol. The lowest BCUT2D eigenvalue weighted by atomic mass is 9.92. The van der Waals surface area contributed by atoms with Crippen LogP contribution in [0.2, 0.25) is 0 Å². The van der Waals surface area contributed by atoms with E-state index in [1.54, 1.807) is 0 Å². The molecule has 0 amide bonds. The van der Waals surface area contributed by atoms with Gasteiger partial charge in [0.2, 0.25) is 0 Å². The molecule has 1 aromatic rings. The molecule has 4 nitrogen and oxygen atoms in total. The summed E-state index contributed by atoms with van der Waals surface area (Å²) in [5.41, 5.74) is 1.73. The average Bonchev–Trinajstić information content (AvgIpc) is 2.30. The van der Waals surface area contributed by atoms with Crippen molar-refractivity contribution in [3.63, 3.8) is 0 Å². The molecule has 0 unspecified atom stereocenters. The largest absolute Gasteiger partial charge is 0.378 e. The van der Waals surface area contributed by atoms with Gasteiger partial charge in [0, 0.05) is 19.8 Å². The van der Waals surface area contributed by atoms with Crippen molar-refractivity contribution in [3.8, 4) is 0 Å². The monoisotopic (exact) mass is 271 g/mol. The number of benzene rings is 1. The van der Waals surface area contributed by atoms with E-state index in [0.717, 1.165) is 5.69 Å². The predicted octanol–water partition coefficient (Wildman–Crippen LogP) is 2.95. The SMILES string of the molecule is CCC(CC)(c1ccc(N(C)C)cc1)P(=O)(O)O. The molecule has 5 heteroatoms. The van der Waals surface area contributed by atoms with Gasteiger partial charge in [0.1, 0.15) is 0 Å². The van der Waals surface area contributed by atoms with Crippen LogP contribution >= 0.6 is 7.60 Å². The van der Waals surface area contributed by atoms with E-state index in [1.165, 1.54) is 0 Å². The predicted molar refractivity (Wildman–Crippen MR) is 75.1 cm³/mol. The molecular formula is C13H22NO3P. The molecule has 0 aromatic heterocycles. The number of nitrogens with zero attached hydrogens (tertiary/aromatic N) is 1. The first kappa shape index (κ1) is 15.2. The zero-order chi connectivity index (χ0) is 14.0. The van der Waals surface area contributed by atoms with Crippen molar-refractivity contribution < 1.29 is 14.4 Å².